The van der Waals surface area contributed by atoms with Crippen LogP contribution in [0, 0.1) is 6.57 Å². The molecule has 0 bridgehead atoms. The van der Waals surface area contributed by atoms with Crippen LogP contribution in [0.5, 0.6) is 0 Å². The fraction of sp³-hybridized carbons (Fsp3) is 0.294. The molecule has 4 rings (SSSR count). The van der Waals surface area contributed by atoms with E-state index in [9.17, 15) is 18.0 Å². The van der Waals surface area contributed by atoms with Gasteiger partial charge in [0.25, 0.3) is 11.2 Å². The lowest BCUT2D eigenvalue weighted by atomic mass is 10.2. The van der Waals surface area contributed by atoms with Crippen LogP contribution in [-0.4, -0.2) is 33.4 Å². The van der Waals surface area contributed by atoms with Crippen molar-refractivity contribution < 1.29 is 8.42 Å². The van der Waals surface area contributed by atoms with E-state index in [1.54, 1.807) is 24.1 Å². The number of aromatic nitrogens is 4. The fourth-order valence-electron chi connectivity index (χ4n) is 2.94. The van der Waals surface area contributed by atoms with E-state index in [-0.39, 0.29) is 22.3 Å². The number of rotatable bonds is 5. The van der Waals surface area contributed by atoms with Gasteiger partial charge < -0.3 is 4.98 Å². The number of benzene rings is 1. The summed E-state index contributed by atoms with van der Waals surface area (Å²) in [5.74, 6) is 0. The zero-order valence-corrected chi connectivity index (χ0v) is 15.7. The van der Waals surface area contributed by atoms with Crippen LogP contribution in [0.25, 0.3) is 15.7 Å². The first-order valence-electron chi connectivity index (χ1n) is 8.40. The van der Waals surface area contributed by atoms with Gasteiger partial charge in [-0.1, -0.05) is 0 Å². The summed E-state index contributed by atoms with van der Waals surface area (Å²) in [6.45, 7) is 7.14. The van der Waals surface area contributed by atoms with E-state index in [2.05, 4.69) is 19.6 Å². The smallest absolute Gasteiger partial charge is 0.307 e. The molecule has 0 radical (unpaired) electrons. The van der Waals surface area contributed by atoms with Crippen molar-refractivity contribution in [3.63, 3.8) is 0 Å². The van der Waals surface area contributed by atoms with Crippen molar-refractivity contribution >= 4 is 20.9 Å². The minimum atomic E-state index is -3.97. The molecule has 0 unspecified atom stereocenters. The van der Waals surface area contributed by atoms with E-state index in [1.165, 1.54) is 18.2 Å². The van der Waals surface area contributed by atoms with Crippen molar-refractivity contribution in [2.75, 3.05) is 0 Å². The lowest BCUT2D eigenvalue weighted by molar-refractivity contribution is 0.568. The second-order valence-electron chi connectivity index (χ2n) is 6.80. The van der Waals surface area contributed by atoms with Gasteiger partial charge in [-0.25, -0.2) is 19.8 Å². The maximum atomic E-state index is 12.8. The Morgan fingerprint density at radius 1 is 1.36 bits per heavy atom. The highest BCUT2D eigenvalue weighted by Crippen LogP contribution is 2.38. The van der Waals surface area contributed by atoms with Crippen LogP contribution in [0.1, 0.15) is 18.4 Å². The number of aryl methyl sites for hydroxylation is 1. The van der Waals surface area contributed by atoms with Gasteiger partial charge in [-0.15, -0.1) is 4.72 Å². The highest BCUT2D eigenvalue weighted by Gasteiger charge is 2.54. The highest BCUT2D eigenvalue weighted by molar-refractivity contribution is 7.89. The summed E-state index contributed by atoms with van der Waals surface area (Å²) in [7, 11) is -2.25. The Morgan fingerprint density at radius 2 is 2.11 bits per heavy atom. The molecule has 2 aromatic heterocycles. The van der Waals surface area contributed by atoms with Crippen LogP contribution in [-0.2, 0) is 23.6 Å². The number of nitrogens with one attached hydrogen (secondary N) is 2. The number of nitrogens with zero attached hydrogens (tertiary/aromatic N) is 4. The predicted octanol–water partition coefficient (Wildman–Crippen LogP) is 0.159. The van der Waals surface area contributed by atoms with Crippen molar-refractivity contribution in [3.05, 3.63) is 68.4 Å². The van der Waals surface area contributed by atoms with E-state index in [1.807, 2.05) is 0 Å². The second kappa shape index (κ2) is 6.15. The second-order valence-corrected chi connectivity index (χ2v) is 8.48. The van der Waals surface area contributed by atoms with Crippen LogP contribution in [0.2, 0.25) is 0 Å². The molecule has 144 valence electrons. The molecule has 0 aliphatic heterocycles. The number of sulfonamides is 1. The summed E-state index contributed by atoms with van der Waals surface area (Å²) >= 11 is 0. The molecular weight excluding hydrogens is 384 g/mol. The minimum Gasteiger partial charge on any atom is -0.307 e. The number of hydrogen-bond acceptors (Lipinski definition) is 5. The third-order valence-corrected chi connectivity index (χ3v) is 6.15. The lowest BCUT2D eigenvalue weighted by Gasteiger charge is -2.09. The standard InChI is InChI=1S/C17H16N6O4S/c1-18-17(5-6-17)21-28(26,27)12-3-4-14-13(7-12)15(24)23(16(25)20-14)10-11-8-19-22(2)9-11/h3-4,7-9,21H,5-6,10H2,2H3,(H,20,25). The van der Waals surface area contributed by atoms with Crippen molar-refractivity contribution in [3.8, 4) is 0 Å². The molecule has 1 saturated carbocycles. The number of fused-ring (bicyclic) bond motifs is 1. The summed E-state index contributed by atoms with van der Waals surface area (Å²) in [6.07, 6.45) is 4.13. The zero-order valence-electron chi connectivity index (χ0n) is 14.8. The van der Waals surface area contributed by atoms with Crippen LogP contribution < -0.4 is 16.0 Å². The van der Waals surface area contributed by atoms with Gasteiger partial charge >= 0.3 is 5.69 Å². The molecule has 2 heterocycles. The predicted molar refractivity (Wildman–Crippen MR) is 100 cm³/mol. The summed E-state index contributed by atoms with van der Waals surface area (Å²) < 4.78 is 30.1. The first-order valence-corrected chi connectivity index (χ1v) is 9.88. The van der Waals surface area contributed by atoms with Crippen molar-refractivity contribution in [1.29, 1.82) is 0 Å². The molecule has 1 aromatic carbocycles. The number of aromatic amines is 1. The first-order chi connectivity index (χ1) is 13.2. The Balaban J connectivity index is 1.79. The van der Waals surface area contributed by atoms with Gasteiger partial charge in [-0.2, -0.15) is 5.10 Å². The van der Waals surface area contributed by atoms with Gasteiger partial charge in [0.05, 0.1) is 41.4 Å². The van der Waals surface area contributed by atoms with E-state index in [0.29, 0.717) is 18.4 Å². The van der Waals surface area contributed by atoms with Crippen molar-refractivity contribution in [1.82, 2.24) is 24.1 Å². The number of H-pyrrole nitrogens is 1. The van der Waals surface area contributed by atoms with Crippen LogP contribution in [0.4, 0.5) is 0 Å². The molecule has 0 amide bonds. The SMILES string of the molecule is [C-]#[N+]C1(NS(=O)(=O)c2ccc3[nH]c(=O)n(Cc4cnn(C)c4)c(=O)c3c2)CC1. The Hall–Kier alpha value is -3.23. The van der Waals surface area contributed by atoms with Crippen LogP contribution in [0.15, 0.2) is 45.1 Å². The third-order valence-electron chi connectivity index (χ3n) is 4.62. The van der Waals surface area contributed by atoms with E-state index in [0.717, 1.165) is 4.57 Å². The van der Waals surface area contributed by atoms with Crippen LogP contribution >= 0.6 is 0 Å². The summed E-state index contributed by atoms with van der Waals surface area (Å²) in [4.78, 5) is 30.9. The van der Waals surface area contributed by atoms with Gasteiger partial charge in [-0.3, -0.25) is 18.9 Å². The number of hydrogen-bond donors (Lipinski definition) is 2. The average Bonchev–Trinajstić information content (AvgIpc) is 3.29. The molecule has 0 atom stereocenters. The van der Waals surface area contributed by atoms with Crippen molar-refractivity contribution in [2.45, 2.75) is 29.9 Å². The molecule has 0 saturated heterocycles. The maximum Gasteiger partial charge on any atom is 0.329 e. The molecule has 2 N–H and O–H groups in total. The summed E-state index contributed by atoms with van der Waals surface area (Å²) in [6, 6.07) is 3.89. The Labute approximate surface area is 159 Å². The fourth-order valence-corrected chi connectivity index (χ4v) is 4.33. The summed E-state index contributed by atoms with van der Waals surface area (Å²) in [5.41, 5.74) is -1.39. The molecule has 28 heavy (non-hydrogen) atoms. The molecule has 3 aromatic rings. The Kier molecular flexibility index (Phi) is 3.99. The molecule has 11 heteroatoms. The minimum absolute atomic E-state index is 0.00794. The van der Waals surface area contributed by atoms with E-state index in [4.69, 9.17) is 6.57 Å². The van der Waals surface area contributed by atoms with Gasteiger partial charge in [0, 0.05) is 18.8 Å². The normalized spacial score (nSPS) is 15.4. The first kappa shape index (κ1) is 18.1. The monoisotopic (exact) mass is 400 g/mol. The van der Waals surface area contributed by atoms with Crippen LogP contribution in [0.3, 0.4) is 0 Å². The van der Waals surface area contributed by atoms with Crippen molar-refractivity contribution in [2.24, 2.45) is 7.05 Å². The third kappa shape index (κ3) is 3.12. The topological polar surface area (TPSA) is 123 Å². The van der Waals surface area contributed by atoms with Gasteiger partial charge in [0.1, 0.15) is 0 Å². The Morgan fingerprint density at radius 3 is 2.71 bits per heavy atom. The molecule has 10 nitrogen and oxygen atoms in total. The molecule has 1 fully saturated rings. The quantitative estimate of drug-likeness (QED) is 0.591. The molecule has 0 spiro atoms. The summed E-state index contributed by atoms with van der Waals surface area (Å²) in [5, 5.41) is 4.07. The molecular formula is C17H16N6O4S. The van der Waals surface area contributed by atoms with Gasteiger partial charge in [0.15, 0.2) is 0 Å². The Bertz CT molecular complexity index is 1350. The molecule has 1 aliphatic rings. The van der Waals surface area contributed by atoms with Gasteiger partial charge in [-0.05, 0) is 18.2 Å². The lowest BCUT2D eigenvalue weighted by Crippen LogP contribution is -2.36. The highest BCUT2D eigenvalue weighted by atomic mass is 32.2. The average molecular weight is 400 g/mol. The maximum absolute atomic E-state index is 12.8. The molecule has 1 aliphatic carbocycles. The van der Waals surface area contributed by atoms with E-state index < -0.39 is 26.9 Å². The zero-order chi connectivity index (χ0) is 20.1. The van der Waals surface area contributed by atoms with E-state index >= 15 is 0 Å². The largest absolute Gasteiger partial charge is 0.329 e. The van der Waals surface area contributed by atoms with Gasteiger partial charge in [0.2, 0.25) is 10.0 Å².